The zero-order chi connectivity index (χ0) is 80.0. The number of aliphatic hydroxyl groups excluding tert-OH is 6. The molecule has 0 radical (unpaired) electrons. The number of halogens is 1. The predicted octanol–water partition coefficient (Wildman–Crippen LogP) is -0.310. The van der Waals surface area contributed by atoms with Crippen LogP contribution in [0.25, 0.3) is 11.1 Å². The van der Waals surface area contributed by atoms with Crippen LogP contribution in [0.1, 0.15) is 125 Å². The number of ether oxygens (including phenoxy) is 8. The highest BCUT2D eigenvalue weighted by Gasteiger charge is 2.52. The summed E-state index contributed by atoms with van der Waals surface area (Å²) in [5.41, 5.74) is 13.6. The molecular formula is C73H89ClN10O26. The summed E-state index contributed by atoms with van der Waals surface area (Å²) in [6.45, 7) is 8.66. The van der Waals surface area contributed by atoms with Crippen molar-refractivity contribution in [1.29, 1.82) is 0 Å². The van der Waals surface area contributed by atoms with Gasteiger partial charge in [-0.25, -0.2) is 4.79 Å². The molecule has 0 saturated carbocycles. The van der Waals surface area contributed by atoms with E-state index in [1.54, 1.807) is 0 Å². The molecule has 37 heteroatoms. The SMILES string of the molecule is CN[C@H](CC(C)C)C(=O)N[C@H]1C(=O)N[C@@H](CC(N)=O)C(=O)N[C@H]2C(=O)N[C@H]3C(=O)N[C@H](C(=O)N[C@@H](C(=O)O)c4cc(O)cc(O)c4-c4cc3ccc4O)[C@H](O[C@H]3C[C@](C)(N)[C@@H](O)[C@H](C)O3)c3ccc(cc3)Oc3cc2cc(c3O[C@@H]2O[C@H](CO)[C@@H](O)[C@H](O)[C@H]2O[C@H]2C[C@](C)(N)[C@@H](O)[C@H](C)O2)Oc2ccc(cc2Cl)[C@H]1O. The van der Waals surface area contributed by atoms with E-state index >= 15 is 19.2 Å². The van der Waals surface area contributed by atoms with Gasteiger partial charge in [-0.05, 0) is 124 Å². The van der Waals surface area contributed by atoms with E-state index in [1.807, 2.05) is 13.8 Å². The van der Waals surface area contributed by atoms with Crippen molar-refractivity contribution in [2.45, 2.75) is 201 Å². The Bertz CT molecular complexity index is 4350. The Hall–Kier alpha value is -9.61. The summed E-state index contributed by atoms with van der Waals surface area (Å²) in [5.74, 6) is -15.5. The second kappa shape index (κ2) is 32.8. The quantitative estimate of drug-likeness (QED) is 0.0639. The minimum Gasteiger partial charge on any atom is -0.508 e. The molecule has 3 saturated heterocycles. The summed E-state index contributed by atoms with van der Waals surface area (Å²) in [6, 6.07) is 1.51. The number of hydrogen-bond donors (Lipinski definition) is 20. The van der Waals surface area contributed by atoms with E-state index in [4.69, 9.17) is 66.7 Å². The van der Waals surface area contributed by atoms with Crippen LogP contribution < -0.4 is 68.6 Å². The van der Waals surface area contributed by atoms with Crippen molar-refractivity contribution in [1.82, 2.24) is 37.2 Å². The van der Waals surface area contributed by atoms with Gasteiger partial charge in [0.05, 0.1) is 48.5 Å². The number of carbonyl (C=O) groups is 8. The number of aliphatic hydroxyl groups is 6. The molecule has 8 aliphatic heterocycles. The molecule has 13 rings (SSSR count). The number of phenolic OH excluding ortho intramolecular Hbond substituents is 3. The summed E-state index contributed by atoms with van der Waals surface area (Å²) < 4.78 is 51.7. The first kappa shape index (κ1) is 81.4. The fourth-order valence-corrected chi connectivity index (χ4v) is 14.4. The van der Waals surface area contributed by atoms with Gasteiger partial charge in [-0.15, -0.1) is 0 Å². The summed E-state index contributed by atoms with van der Waals surface area (Å²) in [6.07, 6.45) is -22.4. The maximum Gasteiger partial charge on any atom is 0.330 e. The Morgan fingerprint density at radius 3 is 1.87 bits per heavy atom. The number of aliphatic carboxylic acids is 1. The number of nitrogens with two attached hydrogens (primary N) is 3. The number of hydrogen-bond acceptors (Lipinski definition) is 28. The summed E-state index contributed by atoms with van der Waals surface area (Å²) in [7, 11) is 1.48. The average Bonchev–Trinajstić information content (AvgIpc) is 0.765. The van der Waals surface area contributed by atoms with Crippen LogP contribution in [-0.2, 0) is 62.0 Å². The smallest absolute Gasteiger partial charge is 0.330 e. The average molecular weight is 1560 g/mol. The molecule has 0 unspecified atom stereocenters. The highest BCUT2D eigenvalue weighted by atomic mass is 35.5. The van der Waals surface area contributed by atoms with Gasteiger partial charge < -0.3 is 143 Å². The normalized spacial score (nSPS) is 32.2. The van der Waals surface area contributed by atoms with E-state index < -0.39 is 250 Å². The van der Waals surface area contributed by atoms with Crippen molar-refractivity contribution in [2.24, 2.45) is 23.1 Å². The highest BCUT2D eigenvalue weighted by Crippen LogP contribution is 2.50. The van der Waals surface area contributed by atoms with Gasteiger partial charge >= 0.3 is 5.97 Å². The number of phenols is 3. The number of benzene rings is 5. The van der Waals surface area contributed by atoms with Gasteiger partial charge in [-0.1, -0.05) is 49.7 Å². The van der Waals surface area contributed by atoms with E-state index in [9.17, 15) is 70.2 Å². The molecule has 0 spiro atoms. The van der Waals surface area contributed by atoms with Gasteiger partial charge in [-0.2, -0.15) is 0 Å². The number of rotatable bonds is 15. The third kappa shape index (κ3) is 17.3. The number of aromatic hydroxyl groups is 3. The number of amides is 7. The maximum atomic E-state index is 16.3. The Morgan fingerprint density at radius 2 is 1.27 bits per heavy atom. The van der Waals surface area contributed by atoms with Crippen molar-refractivity contribution in [2.75, 3.05) is 13.7 Å². The van der Waals surface area contributed by atoms with Crippen molar-refractivity contribution in [3.05, 3.63) is 118 Å². The Morgan fingerprint density at radius 1 is 0.673 bits per heavy atom. The fourth-order valence-electron chi connectivity index (χ4n) is 14.2. The molecule has 0 aliphatic carbocycles. The van der Waals surface area contributed by atoms with Gasteiger partial charge in [0, 0.05) is 46.7 Å². The Kier molecular flexibility index (Phi) is 24.2. The number of carboxylic acid groups (broad SMARTS) is 1. The van der Waals surface area contributed by atoms with Crippen LogP contribution in [0.5, 0.6) is 46.0 Å². The second-order valence-corrected chi connectivity index (χ2v) is 29.5. The lowest BCUT2D eigenvalue weighted by Gasteiger charge is -2.47. The fraction of sp³-hybridized carbons (Fsp3) is 0.479. The molecule has 7 amide bonds. The van der Waals surface area contributed by atoms with Gasteiger partial charge in [0.15, 0.2) is 36.2 Å². The first-order chi connectivity index (χ1) is 51.8. The van der Waals surface area contributed by atoms with Gasteiger partial charge in [0.1, 0.15) is 89.5 Å². The van der Waals surface area contributed by atoms with E-state index in [-0.39, 0.29) is 58.4 Å². The first-order valence-electron chi connectivity index (χ1n) is 35.2. The summed E-state index contributed by atoms with van der Waals surface area (Å²) in [5, 5.41) is 132. The number of carbonyl (C=O) groups excluding carboxylic acids is 7. The van der Waals surface area contributed by atoms with Crippen LogP contribution >= 0.6 is 11.6 Å². The second-order valence-electron chi connectivity index (χ2n) is 29.1. The number of carboxylic acids is 1. The largest absolute Gasteiger partial charge is 0.508 e. The topological polar surface area (TPSA) is 575 Å². The lowest BCUT2D eigenvalue weighted by atomic mass is 9.86. The molecule has 22 atom stereocenters. The molecule has 5 aromatic carbocycles. The van der Waals surface area contributed by atoms with Crippen LogP contribution in [-0.4, -0.2) is 215 Å². The molecule has 11 bridgehead atoms. The molecule has 8 aliphatic rings. The Balaban J connectivity index is 1.18. The Labute approximate surface area is 633 Å². The molecule has 23 N–H and O–H groups in total. The molecular weight excluding hydrogens is 1470 g/mol. The van der Waals surface area contributed by atoms with Crippen LogP contribution in [0, 0.1) is 5.92 Å². The maximum absolute atomic E-state index is 16.3. The molecule has 36 nitrogen and oxygen atoms in total. The predicted molar refractivity (Wildman–Crippen MR) is 381 cm³/mol. The molecule has 110 heavy (non-hydrogen) atoms. The van der Waals surface area contributed by atoms with Gasteiger partial charge in [-0.3, -0.25) is 33.6 Å². The standard InChI is InChI=1S/C73H89ClN10O26/c1-27(2)16-39(78-7)64(95)83-54-56(90)32-11-15-43(38(74)18-32)106-45-20-33-19-44(60(45)110-71-61(58(92)57(91)46(26-85)107-71)109-49-25-73(6,77)63(94)29(4)104-49)105-35-12-8-30(9-13-35)59(108-48-24-72(5,76)62(93)28(3)103-48)55-69(100)82-53(70(101)102)37-21-34(86)22-42(88)50(37)36-17-31(10-14-41(36)87)51(66(97)84-55)81-67(98)52(33)80-65(96)40(23-47(75)89)79-68(54)99/h8-15,17-22,27-29,39-40,46,48-49,51-59,61-63,71,78,85-88,90-94H,16,23-26,76-77H2,1-7H3,(H2,75,89)(H,79,99)(H,80,96)(H,81,98)(H,82,100)(H,83,95)(H,84,97)(H,101,102)/t28-,29-,39+,40-,46+,48-,49-,51+,52+,53+,54+,55-,56+,57+,58-,59+,61+,62-,63-,71-,72-,73-/m0/s1. The van der Waals surface area contributed by atoms with Crippen molar-refractivity contribution in [3.63, 3.8) is 0 Å². The van der Waals surface area contributed by atoms with Gasteiger partial charge in [0.25, 0.3) is 0 Å². The molecule has 3 fully saturated rings. The van der Waals surface area contributed by atoms with E-state index in [0.29, 0.717) is 0 Å². The van der Waals surface area contributed by atoms with Crippen LogP contribution in [0.2, 0.25) is 5.02 Å². The van der Waals surface area contributed by atoms with E-state index in [1.165, 1.54) is 71.1 Å². The van der Waals surface area contributed by atoms with E-state index in [2.05, 4.69) is 37.2 Å². The number of fused-ring (bicyclic) bond motifs is 15. The number of likely N-dealkylation sites (N-methyl/N-ethyl adjacent to an activating group) is 1. The molecule has 5 aromatic rings. The van der Waals surface area contributed by atoms with E-state index in [0.717, 1.165) is 48.5 Å². The van der Waals surface area contributed by atoms with Crippen molar-refractivity contribution < 1.29 is 127 Å². The highest BCUT2D eigenvalue weighted by molar-refractivity contribution is 6.32. The summed E-state index contributed by atoms with van der Waals surface area (Å²) >= 11 is 7.13. The number of primary amides is 1. The minimum absolute atomic E-state index is 0.0420. The molecule has 8 heterocycles. The summed E-state index contributed by atoms with van der Waals surface area (Å²) in [4.78, 5) is 120. The molecule has 594 valence electrons. The zero-order valence-corrected chi connectivity index (χ0v) is 61.1. The third-order valence-corrected chi connectivity index (χ3v) is 20.4. The zero-order valence-electron chi connectivity index (χ0n) is 60.4. The number of nitrogens with one attached hydrogen (secondary N) is 7. The van der Waals surface area contributed by atoms with Crippen LogP contribution in [0.3, 0.4) is 0 Å². The lowest BCUT2D eigenvalue weighted by molar-refractivity contribution is -0.333. The first-order valence-corrected chi connectivity index (χ1v) is 35.6. The van der Waals surface area contributed by atoms with Crippen LogP contribution in [0.4, 0.5) is 0 Å². The lowest BCUT2D eigenvalue weighted by Crippen LogP contribution is -2.64. The van der Waals surface area contributed by atoms with Gasteiger partial charge in [0.2, 0.25) is 53.4 Å². The monoisotopic (exact) mass is 1560 g/mol. The third-order valence-electron chi connectivity index (χ3n) is 20.1. The van der Waals surface area contributed by atoms with Crippen molar-refractivity contribution in [3.8, 4) is 57.1 Å². The van der Waals surface area contributed by atoms with Crippen molar-refractivity contribution >= 4 is 58.9 Å². The molecule has 0 aromatic heterocycles. The van der Waals surface area contributed by atoms with Crippen LogP contribution in [0.15, 0.2) is 84.9 Å². The minimum atomic E-state index is -2.34.